The van der Waals surface area contributed by atoms with Gasteiger partial charge in [-0.25, -0.2) is 0 Å². The van der Waals surface area contributed by atoms with Crippen LogP contribution in [0.5, 0.6) is 0 Å². The van der Waals surface area contributed by atoms with Crippen LogP contribution < -0.4 is 11.5 Å². The van der Waals surface area contributed by atoms with Crippen molar-refractivity contribution in [1.29, 1.82) is 0 Å². The van der Waals surface area contributed by atoms with Crippen LogP contribution in [0.3, 0.4) is 0 Å². The largest absolute Gasteiger partial charge is 0.466 e. The third-order valence-corrected chi connectivity index (χ3v) is 4.97. The zero-order chi connectivity index (χ0) is 22.4. The Bertz CT molecular complexity index is 1120. The summed E-state index contributed by atoms with van der Waals surface area (Å²) in [7, 11) is 0. The minimum Gasteiger partial charge on any atom is -0.466 e. The molecule has 0 fully saturated rings. The van der Waals surface area contributed by atoms with Crippen molar-refractivity contribution in [1.82, 2.24) is 0 Å². The van der Waals surface area contributed by atoms with Crippen LogP contribution in [-0.2, 0) is 16.0 Å². The molecule has 4 N–H and O–H groups in total. The minimum absolute atomic E-state index is 0.241. The van der Waals surface area contributed by atoms with E-state index < -0.39 is 11.8 Å². The predicted octanol–water partition coefficient (Wildman–Crippen LogP) is 3.71. The molecule has 0 unspecified atom stereocenters. The highest BCUT2D eigenvalue weighted by Crippen LogP contribution is 2.36. The van der Waals surface area contributed by atoms with Crippen molar-refractivity contribution in [3.05, 3.63) is 83.4 Å². The molecular formula is C25H24N2O4. The lowest BCUT2D eigenvalue weighted by Crippen LogP contribution is -2.11. The lowest BCUT2D eigenvalue weighted by Gasteiger charge is -2.16. The second-order valence-corrected chi connectivity index (χ2v) is 7.03. The SMILES string of the molecule is CCOC(=O)CCc1cccc(-c2cccc(C(N)=O)c2)c1-c1ccc(C(N)=O)cc1. The van der Waals surface area contributed by atoms with Crippen LogP contribution in [0.2, 0.25) is 0 Å². The molecule has 6 heteroatoms. The van der Waals surface area contributed by atoms with Gasteiger partial charge in [0.1, 0.15) is 0 Å². The fourth-order valence-electron chi connectivity index (χ4n) is 3.50. The first-order valence-corrected chi connectivity index (χ1v) is 9.98. The number of carbonyl (C=O) groups excluding carboxylic acids is 3. The Balaban J connectivity index is 2.13. The van der Waals surface area contributed by atoms with E-state index in [1.807, 2.05) is 36.4 Å². The van der Waals surface area contributed by atoms with Crippen LogP contribution in [0.15, 0.2) is 66.7 Å². The van der Waals surface area contributed by atoms with Gasteiger partial charge >= 0.3 is 5.97 Å². The number of nitrogens with two attached hydrogens (primary N) is 2. The lowest BCUT2D eigenvalue weighted by molar-refractivity contribution is -0.143. The number of rotatable bonds is 8. The number of benzene rings is 3. The van der Waals surface area contributed by atoms with E-state index in [-0.39, 0.29) is 12.4 Å². The zero-order valence-electron chi connectivity index (χ0n) is 17.3. The van der Waals surface area contributed by atoms with Gasteiger partial charge in [-0.1, -0.05) is 42.5 Å². The quantitative estimate of drug-likeness (QED) is 0.545. The fraction of sp³-hybridized carbons (Fsp3) is 0.160. The molecule has 0 aliphatic carbocycles. The molecule has 158 valence electrons. The third-order valence-electron chi connectivity index (χ3n) is 4.97. The van der Waals surface area contributed by atoms with Gasteiger partial charge in [0.05, 0.1) is 6.61 Å². The van der Waals surface area contributed by atoms with Crippen LogP contribution in [0.25, 0.3) is 22.3 Å². The normalized spacial score (nSPS) is 10.5. The Morgan fingerprint density at radius 2 is 1.48 bits per heavy atom. The van der Waals surface area contributed by atoms with E-state index >= 15 is 0 Å². The number of hydrogen-bond donors (Lipinski definition) is 2. The maximum Gasteiger partial charge on any atom is 0.306 e. The molecule has 0 saturated heterocycles. The molecule has 2 amide bonds. The van der Waals surface area contributed by atoms with Crippen molar-refractivity contribution >= 4 is 17.8 Å². The highest BCUT2D eigenvalue weighted by Gasteiger charge is 2.15. The van der Waals surface area contributed by atoms with Crippen molar-refractivity contribution in [2.24, 2.45) is 11.5 Å². The standard InChI is InChI=1S/C25H24N2O4/c1-2-31-22(28)14-13-16-5-4-8-21(19-6-3-7-20(15-19)25(27)30)23(16)17-9-11-18(12-10-17)24(26)29/h3-12,15H,2,13-14H2,1H3,(H2,26,29)(H2,27,30). The first-order chi connectivity index (χ1) is 14.9. The van der Waals surface area contributed by atoms with Gasteiger partial charge in [-0.2, -0.15) is 0 Å². The summed E-state index contributed by atoms with van der Waals surface area (Å²) in [6.45, 7) is 2.11. The number of aryl methyl sites for hydroxylation is 1. The topological polar surface area (TPSA) is 112 Å². The van der Waals surface area contributed by atoms with E-state index in [9.17, 15) is 14.4 Å². The van der Waals surface area contributed by atoms with Crippen LogP contribution in [0, 0.1) is 0 Å². The number of carbonyl (C=O) groups is 3. The van der Waals surface area contributed by atoms with Crippen LogP contribution in [0.1, 0.15) is 39.6 Å². The smallest absolute Gasteiger partial charge is 0.306 e. The molecule has 6 nitrogen and oxygen atoms in total. The number of primary amides is 2. The second kappa shape index (κ2) is 9.71. The Morgan fingerprint density at radius 3 is 2.13 bits per heavy atom. The average Bonchev–Trinajstić information content (AvgIpc) is 2.77. The number of amides is 2. The number of esters is 1. The summed E-state index contributed by atoms with van der Waals surface area (Å²) < 4.78 is 5.07. The van der Waals surface area contributed by atoms with Crippen molar-refractivity contribution < 1.29 is 19.1 Å². The summed E-state index contributed by atoms with van der Waals surface area (Å²) in [5, 5.41) is 0. The predicted molar refractivity (Wildman–Crippen MR) is 119 cm³/mol. The number of hydrogen-bond acceptors (Lipinski definition) is 4. The molecule has 0 radical (unpaired) electrons. The van der Waals surface area contributed by atoms with Crippen LogP contribution in [-0.4, -0.2) is 24.4 Å². The summed E-state index contributed by atoms with van der Waals surface area (Å²) >= 11 is 0. The molecule has 0 heterocycles. The Morgan fingerprint density at radius 1 is 0.806 bits per heavy atom. The summed E-state index contributed by atoms with van der Waals surface area (Å²) in [5.74, 6) is -1.28. The van der Waals surface area contributed by atoms with Crippen molar-refractivity contribution in [3.63, 3.8) is 0 Å². The molecule has 0 aliphatic rings. The summed E-state index contributed by atoms with van der Waals surface area (Å²) in [5.41, 5.74) is 16.1. The van der Waals surface area contributed by atoms with E-state index in [0.29, 0.717) is 24.2 Å². The first kappa shape index (κ1) is 21.8. The van der Waals surface area contributed by atoms with E-state index in [2.05, 4.69) is 0 Å². The molecule has 0 aromatic heterocycles. The molecule has 0 saturated carbocycles. The van der Waals surface area contributed by atoms with Gasteiger partial charge in [0.25, 0.3) is 0 Å². The van der Waals surface area contributed by atoms with Crippen LogP contribution in [0.4, 0.5) is 0 Å². The van der Waals surface area contributed by atoms with Crippen LogP contribution >= 0.6 is 0 Å². The van der Waals surface area contributed by atoms with Gasteiger partial charge in [-0.15, -0.1) is 0 Å². The van der Waals surface area contributed by atoms with Gasteiger partial charge in [-0.3, -0.25) is 14.4 Å². The molecule has 0 aliphatic heterocycles. The van der Waals surface area contributed by atoms with Crippen molar-refractivity contribution in [3.8, 4) is 22.3 Å². The van der Waals surface area contributed by atoms with E-state index in [0.717, 1.165) is 27.8 Å². The van der Waals surface area contributed by atoms with E-state index in [4.69, 9.17) is 16.2 Å². The van der Waals surface area contributed by atoms with Gasteiger partial charge in [-0.05, 0) is 65.4 Å². The molecule has 3 aromatic carbocycles. The summed E-state index contributed by atoms with van der Waals surface area (Å²) in [4.78, 5) is 35.1. The van der Waals surface area contributed by atoms with Gasteiger partial charge in [0.2, 0.25) is 11.8 Å². The lowest BCUT2D eigenvalue weighted by atomic mass is 9.88. The molecule has 3 rings (SSSR count). The summed E-state index contributed by atoms with van der Waals surface area (Å²) in [6.07, 6.45) is 0.722. The molecule has 0 atom stereocenters. The average molecular weight is 416 g/mol. The van der Waals surface area contributed by atoms with E-state index in [1.54, 1.807) is 37.3 Å². The molecular weight excluding hydrogens is 392 g/mol. The Labute approximate surface area is 180 Å². The molecule has 0 bridgehead atoms. The number of ether oxygens (including phenoxy) is 1. The third kappa shape index (κ3) is 5.17. The van der Waals surface area contributed by atoms with Gasteiger partial charge in [0, 0.05) is 17.5 Å². The Hall–Kier alpha value is -3.93. The zero-order valence-corrected chi connectivity index (χ0v) is 17.3. The van der Waals surface area contributed by atoms with Gasteiger partial charge in [0.15, 0.2) is 0 Å². The molecule has 3 aromatic rings. The first-order valence-electron chi connectivity index (χ1n) is 9.98. The molecule has 31 heavy (non-hydrogen) atoms. The maximum atomic E-state index is 11.9. The Kier molecular flexibility index (Phi) is 6.82. The van der Waals surface area contributed by atoms with Gasteiger partial charge < -0.3 is 16.2 Å². The highest BCUT2D eigenvalue weighted by atomic mass is 16.5. The monoisotopic (exact) mass is 416 g/mol. The van der Waals surface area contributed by atoms with Crippen molar-refractivity contribution in [2.75, 3.05) is 6.61 Å². The second-order valence-electron chi connectivity index (χ2n) is 7.03. The van der Waals surface area contributed by atoms with Crippen molar-refractivity contribution in [2.45, 2.75) is 19.8 Å². The fourth-order valence-corrected chi connectivity index (χ4v) is 3.50. The summed E-state index contributed by atoms with van der Waals surface area (Å²) in [6, 6.07) is 19.9. The molecule has 0 spiro atoms. The minimum atomic E-state index is -0.507. The maximum absolute atomic E-state index is 11.9. The highest BCUT2D eigenvalue weighted by molar-refractivity contribution is 5.96. The van der Waals surface area contributed by atoms with E-state index in [1.165, 1.54) is 0 Å².